The molecule has 2 aliphatic heterocycles. The minimum absolute atomic E-state index is 0.0278. The molecule has 136 valence electrons. The summed E-state index contributed by atoms with van der Waals surface area (Å²) in [5.41, 5.74) is 2.41. The van der Waals surface area contributed by atoms with E-state index in [0.29, 0.717) is 12.2 Å². The Hall–Kier alpha value is -2.82. The third kappa shape index (κ3) is 2.64. The first-order valence-corrected chi connectivity index (χ1v) is 8.65. The van der Waals surface area contributed by atoms with Crippen molar-refractivity contribution in [3.63, 3.8) is 0 Å². The van der Waals surface area contributed by atoms with E-state index < -0.39 is 0 Å². The van der Waals surface area contributed by atoms with Crippen molar-refractivity contribution < 1.29 is 24.4 Å². The number of hydrogen-bond donors (Lipinski definition) is 2. The molecule has 2 aromatic rings. The SMILES string of the molecule is COc1c(O)ccc([C@@H]2COc3c(ccc4c3C=CC(C)(C)O4)C2)c1O. The van der Waals surface area contributed by atoms with Gasteiger partial charge in [-0.1, -0.05) is 12.1 Å². The molecule has 0 saturated carbocycles. The molecular weight excluding hydrogens is 332 g/mol. The van der Waals surface area contributed by atoms with Gasteiger partial charge in [-0.3, -0.25) is 0 Å². The maximum atomic E-state index is 10.4. The van der Waals surface area contributed by atoms with Gasteiger partial charge in [0.25, 0.3) is 0 Å². The Bertz CT molecular complexity index is 898. The number of aromatic hydroxyl groups is 2. The molecule has 0 spiro atoms. The Kier molecular flexibility index (Phi) is 3.75. The topological polar surface area (TPSA) is 68.2 Å². The summed E-state index contributed by atoms with van der Waals surface area (Å²) >= 11 is 0. The molecule has 4 rings (SSSR count). The molecule has 0 aromatic heterocycles. The molecule has 5 heteroatoms. The molecule has 0 radical (unpaired) electrons. The zero-order valence-electron chi connectivity index (χ0n) is 15.1. The van der Waals surface area contributed by atoms with Crippen molar-refractivity contribution in [2.45, 2.75) is 31.8 Å². The smallest absolute Gasteiger partial charge is 0.203 e. The summed E-state index contributed by atoms with van der Waals surface area (Å²) in [5.74, 6) is 1.62. The summed E-state index contributed by atoms with van der Waals surface area (Å²) in [6.45, 7) is 4.47. The van der Waals surface area contributed by atoms with E-state index in [9.17, 15) is 10.2 Å². The van der Waals surface area contributed by atoms with Crippen LogP contribution in [0.4, 0.5) is 0 Å². The average Bonchev–Trinajstić information content (AvgIpc) is 2.60. The van der Waals surface area contributed by atoms with Crippen molar-refractivity contribution >= 4 is 6.08 Å². The molecule has 2 aliphatic rings. The van der Waals surface area contributed by atoms with Gasteiger partial charge in [-0.2, -0.15) is 0 Å². The second kappa shape index (κ2) is 5.87. The molecule has 0 fully saturated rings. The largest absolute Gasteiger partial charge is 0.504 e. The third-order valence-corrected chi connectivity index (χ3v) is 4.94. The summed E-state index contributed by atoms with van der Waals surface area (Å²) in [7, 11) is 1.42. The summed E-state index contributed by atoms with van der Waals surface area (Å²) < 4.78 is 17.2. The van der Waals surface area contributed by atoms with Crippen LogP contribution in [0.2, 0.25) is 0 Å². The number of ether oxygens (including phenoxy) is 3. The lowest BCUT2D eigenvalue weighted by atomic mass is 9.87. The quantitative estimate of drug-likeness (QED) is 0.853. The molecular formula is C21H22O5. The van der Waals surface area contributed by atoms with Gasteiger partial charge in [-0.25, -0.2) is 0 Å². The third-order valence-electron chi connectivity index (χ3n) is 4.94. The van der Waals surface area contributed by atoms with E-state index in [1.807, 2.05) is 32.1 Å². The molecule has 0 amide bonds. The van der Waals surface area contributed by atoms with Crippen molar-refractivity contribution in [1.82, 2.24) is 0 Å². The molecule has 1 atom stereocenters. The highest BCUT2D eigenvalue weighted by Gasteiger charge is 2.30. The standard InChI is InChI=1S/C21H22O5/c1-21(2)9-8-15-17(26-21)7-4-12-10-13(11-25-19(12)15)14-5-6-16(22)20(24-3)18(14)23/h4-9,13,22-23H,10-11H2,1-3H3/t13-/m0/s1. The zero-order chi connectivity index (χ0) is 18.5. The maximum absolute atomic E-state index is 10.4. The van der Waals surface area contributed by atoms with Gasteiger partial charge in [-0.15, -0.1) is 0 Å². The lowest BCUT2D eigenvalue weighted by Crippen LogP contribution is -2.28. The summed E-state index contributed by atoms with van der Waals surface area (Å²) in [4.78, 5) is 0. The molecule has 0 aliphatic carbocycles. The summed E-state index contributed by atoms with van der Waals surface area (Å²) in [5, 5.41) is 20.3. The monoisotopic (exact) mass is 354 g/mol. The first-order valence-electron chi connectivity index (χ1n) is 8.65. The molecule has 0 unspecified atom stereocenters. The number of benzene rings is 2. The zero-order valence-corrected chi connectivity index (χ0v) is 15.1. The second-order valence-corrected chi connectivity index (χ2v) is 7.27. The second-order valence-electron chi connectivity index (χ2n) is 7.27. The van der Waals surface area contributed by atoms with Gasteiger partial charge in [0.15, 0.2) is 11.5 Å². The molecule has 2 N–H and O–H groups in total. The Labute approximate surface area is 152 Å². The van der Waals surface area contributed by atoms with E-state index in [-0.39, 0.29) is 28.8 Å². The van der Waals surface area contributed by atoms with Crippen LogP contribution in [0, 0.1) is 0 Å². The van der Waals surface area contributed by atoms with E-state index in [2.05, 4.69) is 6.08 Å². The van der Waals surface area contributed by atoms with Crippen molar-refractivity contribution in [3.8, 4) is 28.7 Å². The minimum atomic E-state index is -0.327. The number of rotatable bonds is 2. The van der Waals surface area contributed by atoms with Crippen LogP contribution in [0.25, 0.3) is 6.08 Å². The minimum Gasteiger partial charge on any atom is -0.504 e. The van der Waals surface area contributed by atoms with E-state index in [4.69, 9.17) is 14.2 Å². The molecule has 5 nitrogen and oxygen atoms in total. The summed E-state index contributed by atoms with van der Waals surface area (Å²) in [6, 6.07) is 7.25. The highest BCUT2D eigenvalue weighted by molar-refractivity contribution is 5.70. The van der Waals surface area contributed by atoms with Crippen LogP contribution < -0.4 is 14.2 Å². The molecule has 0 bridgehead atoms. The van der Waals surface area contributed by atoms with Crippen molar-refractivity contribution in [2.24, 2.45) is 0 Å². The van der Waals surface area contributed by atoms with E-state index >= 15 is 0 Å². The predicted octanol–water partition coefficient (Wildman–Crippen LogP) is 4.01. The van der Waals surface area contributed by atoms with Crippen molar-refractivity contribution in [3.05, 3.63) is 47.0 Å². The average molecular weight is 354 g/mol. The highest BCUT2D eigenvalue weighted by Crippen LogP contribution is 2.46. The van der Waals surface area contributed by atoms with Gasteiger partial charge < -0.3 is 24.4 Å². The lowest BCUT2D eigenvalue weighted by molar-refractivity contribution is 0.157. The Balaban J connectivity index is 1.68. The van der Waals surface area contributed by atoms with Crippen LogP contribution in [-0.4, -0.2) is 29.5 Å². The molecule has 26 heavy (non-hydrogen) atoms. The van der Waals surface area contributed by atoms with E-state index in [1.165, 1.54) is 13.2 Å². The van der Waals surface area contributed by atoms with Crippen LogP contribution in [0.3, 0.4) is 0 Å². The molecule has 2 aromatic carbocycles. The maximum Gasteiger partial charge on any atom is 0.203 e. The normalized spacial score (nSPS) is 19.7. The van der Waals surface area contributed by atoms with Gasteiger partial charge in [0.2, 0.25) is 5.75 Å². The lowest BCUT2D eigenvalue weighted by Gasteiger charge is -2.32. The summed E-state index contributed by atoms with van der Waals surface area (Å²) in [6.07, 6.45) is 4.81. The van der Waals surface area contributed by atoms with Gasteiger partial charge in [0.1, 0.15) is 17.1 Å². The van der Waals surface area contributed by atoms with E-state index in [1.54, 1.807) is 6.07 Å². The first-order chi connectivity index (χ1) is 12.4. The number of fused-ring (bicyclic) bond motifs is 3. The van der Waals surface area contributed by atoms with Crippen LogP contribution in [0.1, 0.15) is 36.5 Å². The highest BCUT2D eigenvalue weighted by atomic mass is 16.5. The first kappa shape index (κ1) is 16.6. The van der Waals surface area contributed by atoms with Gasteiger partial charge in [0.05, 0.1) is 19.3 Å². The Morgan fingerprint density at radius 1 is 1.15 bits per heavy atom. The van der Waals surface area contributed by atoms with Crippen LogP contribution in [0.5, 0.6) is 28.7 Å². The Morgan fingerprint density at radius 3 is 2.73 bits per heavy atom. The number of hydrogen-bond acceptors (Lipinski definition) is 5. The van der Waals surface area contributed by atoms with E-state index in [0.717, 1.165) is 29.0 Å². The fourth-order valence-electron chi connectivity index (χ4n) is 3.62. The van der Waals surface area contributed by atoms with Gasteiger partial charge in [0, 0.05) is 11.5 Å². The van der Waals surface area contributed by atoms with Crippen molar-refractivity contribution in [2.75, 3.05) is 13.7 Å². The van der Waals surface area contributed by atoms with Crippen molar-refractivity contribution in [1.29, 1.82) is 0 Å². The number of phenols is 2. The fourth-order valence-corrected chi connectivity index (χ4v) is 3.62. The van der Waals surface area contributed by atoms with Gasteiger partial charge in [-0.05, 0) is 50.1 Å². The number of phenolic OH excluding ortho intramolecular Hbond substituents is 2. The van der Waals surface area contributed by atoms with Crippen LogP contribution >= 0.6 is 0 Å². The van der Waals surface area contributed by atoms with Crippen LogP contribution in [-0.2, 0) is 6.42 Å². The molecule has 2 heterocycles. The van der Waals surface area contributed by atoms with Crippen LogP contribution in [0.15, 0.2) is 30.3 Å². The molecule has 0 saturated heterocycles. The Morgan fingerprint density at radius 2 is 1.96 bits per heavy atom. The number of methoxy groups -OCH3 is 1. The fraction of sp³-hybridized carbons (Fsp3) is 0.333. The predicted molar refractivity (Wildman–Crippen MR) is 98.4 cm³/mol. The van der Waals surface area contributed by atoms with Gasteiger partial charge >= 0.3 is 0 Å².